The van der Waals surface area contributed by atoms with Crippen molar-refractivity contribution < 1.29 is 0 Å². The van der Waals surface area contributed by atoms with Crippen LogP contribution in [0.15, 0.2) is 12.4 Å². The fourth-order valence-electron chi connectivity index (χ4n) is 2.03. The number of nitrogens with one attached hydrogen (secondary N) is 1. The predicted molar refractivity (Wildman–Crippen MR) is 73.2 cm³/mol. The summed E-state index contributed by atoms with van der Waals surface area (Å²) in [5.41, 5.74) is 1.37. The average Bonchev–Trinajstić information content (AvgIpc) is 2.78. The van der Waals surface area contributed by atoms with Gasteiger partial charge in [0.2, 0.25) is 0 Å². The lowest BCUT2D eigenvalue weighted by Crippen LogP contribution is -2.29. The Balaban J connectivity index is 2.31. The summed E-state index contributed by atoms with van der Waals surface area (Å²) in [6.07, 6.45) is 10.1. The first-order chi connectivity index (χ1) is 8.30. The van der Waals surface area contributed by atoms with Gasteiger partial charge in [-0.25, -0.2) is 0 Å². The minimum Gasteiger partial charge on any atom is -0.314 e. The second-order valence-corrected chi connectivity index (χ2v) is 4.71. The van der Waals surface area contributed by atoms with Gasteiger partial charge in [0, 0.05) is 18.8 Å². The molecule has 0 saturated carbocycles. The van der Waals surface area contributed by atoms with Crippen molar-refractivity contribution in [2.24, 2.45) is 0 Å². The maximum atomic E-state index is 4.37. The highest BCUT2D eigenvalue weighted by Gasteiger charge is 2.06. The number of hydrogen-bond acceptors (Lipinski definition) is 2. The van der Waals surface area contributed by atoms with E-state index in [0.29, 0.717) is 6.04 Å². The van der Waals surface area contributed by atoms with E-state index in [1.54, 1.807) is 0 Å². The molecule has 17 heavy (non-hydrogen) atoms. The zero-order chi connectivity index (χ0) is 12.5. The fraction of sp³-hybridized carbons (Fsp3) is 0.786. The number of aryl methyl sites for hydroxylation is 2. The van der Waals surface area contributed by atoms with Gasteiger partial charge in [0.05, 0.1) is 6.20 Å². The molecule has 0 amide bonds. The molecule has 0 fully saturated rings. The van der Waals surface area contributed by atoms with Gasteiger partial charge < -0.3 is 5.32 Å². The molecule has 0 radical (unpaired) electrons. The molecule has 1 unspecified atom stereocenters. The Kier molecular flexibility index (Phi) is 6.94. The van der Waals surface area contributed by atoms with Crippen LogP contribution in [-0.2, 0) is 13.0 Å². The van der Waals surface area contributed by atoms with E-state index in [-0.39, 0.29) is 0 Å². The van der Waals surface area contributed by atoms with E-state index >= 15 is 0 Å². The third-order valence-electron chi connectivity index (χ3n) is 3.10. The van der Waals surface area contributed by atoms with Crippen LogP contribution >= 0.6 is 0 Å². The molecule has 98 valence electrons. The first-order valence-corrected chi connectivity index (χ1v) is 7.04. The molecule has 3 heteroatoms. The van der Waals surface area contributed by atoms with Gasteiger partial charge in [-0.2, -0.15) is 5.10 Å². The number of aromatic nitrogens is 2. The normalized spacial score (nSPS) is 12.9. The standard InChI is InChI=1S/C14H27N3/c1-4-9-15-14(6-3)8-7-13-11-16-17(12-13)10-5-2/h11-12,14-15H,4-10H2,1-3H3. The van der Waals surface area contributed by atoms with Crippen molar-refractivity contribution in [2.75, 3.05) is 6.54 Å². The molecule has 0 aromatic carbocycles. The van der Waals surface area contributed by atoms with E-state index in [4.69, 9.17) is 0 Å². The molecular formula is C14H27N3. The van der Waals surface area contributed by atoms with Gasteiger partial charge in [-0.05, 0) is 44.2 Å². The largest absolute Gasteiger partial charge is 0.314 e. The summed E-state index contributed by atoms with van der Waals surface area (Å²) in [5, 5.41) is 7.96. The predicted octanol–water partition coefficient (Wildman–Crippen LogP) is 3.00. The monoisotopic (exact) mass is 237 g/mol. The SMILES string of the molecule is CCCNC(CC)CCc1cnn(CCC)c1. The Labute approximate surface area is 106 Å². The lowest BCUT2D eigenvalue weighted by molar-refractivity contribution is 0.468. The Hall–Kier alpha value is -0.830. The summed E-state index contributed by atoms with van der Waals surface area (Å²) in [6, 6.07) is 0.657. The lowest BCUT2D eigenvalue weighted by Gasteiger charge is -2.15. The average molecular weight is 237 g/mol. The molecule has 1 aromatic heterocycles. The van der Waals surface area contributed by atoms with Gasteiger partial charge in [0.1, 0.15) is 0 Å². The van der Waals surface area contributed by atoms with E-state index in [9.17, 15) is 0 Å². The summed E-state index contributed by atoms with van der Waals surface area (Å²) in [7, 11) is 0. The summed E-state index contributed by atoms with van der Waals surface area (Å²) < 4.78 is 2.05. The van der Waals surface area contributed by atoms with Gasteiger partial charge in [-0.1, -0.05) is 20.8 Å². The number of hydrogen-bond donors (Lipinski definition) is 1. The molecule has 1 heterocycles. The van der Waals surface area contributed by atoms with Crippen LogP contribution in [0, 0.1) is 0 Å². The second-order valence-electron chi connectivity index (χ2n) is 4.71. The zero-order valence-electron chi connectivity index (χ0n) is 11.6. The lowest BCUT2D eigenvalue weighted by atomic mass is 10.1. The summed E-state index contributed by atoms with van der Waals surface area (Å²) in [5.74, 6) is 0. The van der Waals surface area contributed by atoms with Crippen molar-refractivity contribution in [1.82, 2.24) is 15.1 Å². The highest BCUT2D eigenvalue weighted by atomic mass is 15.3. The Morgan fingerprint density at radius 2 is 2.12 bits per heavy atom. The van der Waals surface area contributed by atoms with Gasteiger partial charge in [0.25, 0.3) is 0 Å². The maximum Gasteiger partial charge on any atom is 0.0521 e. The van der Waals surface area contributed by atoms with Crippen LogP contribution in [0.2, 0.25) is 0 Å². The van der Waals surface area contributed by atoms with Gasteiger partial charge >= 0.3 is 0 Å². The summed E-state index contributed by atoms with van der Waals surface area (Å²) >= 11 is 0. The highest BCUT2D eigenvalue weighted by molar-refractivity contribution is 5.04. The van der Waals surface area contributed by atoms with Crippen molar-refractivity contribution in [2.45, 2.75) is 65.5 Å². The number of rotatable bonds is 9. The molecule has 0 aliphatic rings. The quantitative estimate of drug-likeness (QED) is 0.715. The minimum absolute atomic E-state index is 0.657. The van der Waals surface area contributed by atoms with Crippen molar-refractivity contribution in [3.63, 3.8) is 0 Å². The second kappa shape index (κ2) is 8.29. The summed E-state index contributed by atoms with van der Waals surface area (Å²) in [6.45, 7) is 8.82. The van der Waals surface area contributed by atoms with Crippen LogP contribution in [0.25, 0.3) is 0 Å². The van der Waals surface area contributed by atoms with Gasteiger partial charge in [-0.15, -0.1) is 0 Å². The van der Waals surface area contributed by atoms with E-state index < -0.39 is 0 Å². The molecule has 1 N–H and O–H groups in total. The van der Waals surface area contributed by atoms with E-state index in [2.05, 4.69) is 42.1 Å². The molecular weight excluding hydrogens is 210 g/mol. The fourth-order valence-corrected chi connectivity index (χ4v) is 2.03. The van der Waals surface area contributed by atoms with Gasteiger partial charge in [-0.3, -0.25) is 4.68 Å². The van der Waals surface area contributed by atoms with Crippen molar-refractivity contribution in [3.8, 4) is 0 Å². The first-order valence-electron chi connectivity index (χ1n) is 7.04. The van der Waals surface area contributed by atoms with Crippen LogP contribution in [0.1, 0.15) is 52.0 Å². The van der Waals surface area contributed by atoms with Crippen molar-refractivity contribution in [1.29, 1.82) is 0 Å². The van der Waals surface area contributed by atoms with Crippen LogP contribution in [0.3, 0.4) is 0 Å². The maximum absolute atomic E-state index is 4.37. The zero-order valence-corrected chi connectivity index (χ0v) is 11.6. The van der Waals surface area contributed by atoms with Crippen LogP contribution in [-0.4, -0.2) is 22.4 Å². The van der Waals surface area contributed by atoms with E-state index in [1.807, 2.05) is 6.20 Å². The van der Waals surface area contributed by atoms with E-state index in [1.165, 1.54) is 24.8 Å². The van der Waals surface area contributed by atoms with Crippen molar-refractivity contribution in [3.05, 3.63) is 18.0 Å². The molecule has 3 nitrogen and oxygen atoms in total. The highest BCUT2D eigenvalue weighted by Crippen LogP contribution is 2.07. The Morgan fingerprint density at radius 3 is 2.76 bits per heavy atom. The summed E-state index contributed by atoms with van der Waals surface area (Å²) in [4.78, 5) is 0. The molecule has 0 aliphatic carbocycles. The molecule has 1 aromatic rings. The Bertz CT molecular complexity index is 293. The van der Waals surface area contributed by atoms with Crippen LogP contribution in [0.5, 0.6) is 0 Å². The smallest absolute Gasteiger partial charge is 0.0521 e. The van der Waals surface area contributed by atoms with Crippen molar-refractivity contribution >= 4 is 0 Å². The molecule has 0 aliphatic heterocycles. The third kappa shape index (κ3) is 5.35. The van der Waals surface area contributed by atoms with E-state index in [0.717, 1.165) is 25.9 Å². The molecule has 1 rings (SSSR count). The minimum atomic E-state index is 0.657. The Morgan fingerprint density at radius 1 is 1.29 bits per heavy atom. The molecule has 1 atom stereocenters. The van der Waals surface area contributed by atoms with Crippen LogP contribution in [0.4, 0.5) is 0 Å². The molecule has 0 saturated heterocycles. The third-order valence-corrected chi connectivity index (χ3v) is 3.10. The molecule has 0 bridgehead atoms. The van der Waals surface area contributed by atoms with Crippen LogP contribution < -0.4 is 5.32 Å². The first kappa shape index (κ1) is 14.2. The molecule has 0 spiro atoms. The topological polar surface area (TPSA) is 29.9 Å². The van der Waals surface area contributed by atoms with Gasteiger partial charge in [0.15, 0.2) is 0 Å². The number of nitrogens with zero attached hydrogens (tertiary/aromatic N) is 2.